The van der Waals surface area contributed by atoms with Crippen LogP contribution in [0.15, 0.2) is 35.3 Å². The van der Waals surface area contributed by atoms with Gasteiger partial charge in [-0.3, -0.25) is 0 Å². The molecule has 0 atom stereocenters. The highest BCUT2D eigenvalue weighted by Crippen LogP contribution is 2.18. The largest absolute Gasteiger partial charge is 0.444 e. The number of rotatable bonds is 7. The number of nitrogens with zero attached hydrogens (tertiary/aromatic N) is 3. The minimum absolute atomic E-state index is 0.425. The molecular weight excluding hydrogens is 380 g/mol. The quantitative estimate of drug-likeness (QED) is 0.368. The zero-order valence-electron chi connectivity index (χ0n) is 18.9. The zero-order chi connectivity index (χ0) is 22.1. The molecule has 8 nitrogen and oxygen atoms in total. The molecule has 0 saturated carbocycles. The Balaban J connectivity index is 1.96. The number of nitrogens with one attached hydrogen (secondary N) is 3. The van der Waals surface area contributed by atoms with Crippen LogP contribution in [0.4, 0.5) is 4.79 Å². The summed E-state index contributed by atoms with van der Waals surface area (Å²) < 4.78 is 7.18. The van der Waals surface area contributed by atoms with Gasteiger partial charge in [0.2, 0.25) is 0 Å². The summed E-state index contributed by atoms with van der Waals surface area (Å²) in [6.07, 6.45) is -0.425. The Labute approximate surface area is 179 Å². The van der Waals surface area contributed by atoms with E-state index < -0.39 is 11.7 Å². The van der Waals surface area contributed by atoms with Gasteiger partial charge in [-0.1, -0.05) is 18.2 Å². The number of hydrogen-bond donors (Lipinski definition) is 3. The van der Waals surface area contributed by atoms with E-state index in [9.17, 15) is 4.79 Å². The molecule has 164 valence electrons. The Hall–Kier alpha value is -3.03. The van der Waals surface area contributed by atoms with E-state index in [1.807, 2.05) is 69.6 Å². The molecule has 0 radical (unpaired) electrons. The molecule has 1 amide bonds. The summed E-state index contributed by atoms with van der Waals surface area (Å²) in [7, 11) is 0. The van der Waals surface area contributed by atoms with Gasteiger partial charge in [-0.25, -0.2) is 14.5 Å². The van der Waals surface area contributed by atoms with Crippen molar-refractivity contribution in [3.63, 3.8) is 0 Å². The Bertz CT molecular complexity index is 853. The summed E-state index contributed by atoms with van der Waals surface area (Å²) in [6.45, 7) is 13.8. The summed E-state index contributed by atoms with van der Waals surface area (Å²) in [5.74, 6) is 0.690. The van der Waals surface area contributed by atoms with Gasteiger partial charge in [0.05, 0.1) is 17.9 Å². The first kappa shape index (κ1) is 23.3. The number of aliphatic imine (C=N–C) groups is 1. The number of amides is 1. The molecule has 1 aromatic carbocycles. The van der Waals surface area contributed by atoms with Crippen molar-refractivity contribution in [1.29, 1.82) is 0 Å². The van der Waals surface area contributed by atoms with Crippen molar-refractivity contribution in [1.82, 2.24) is 25.7 Å². The number of alkyl carbamates (subject to hydrolysis) is 1. The molecule has 30 heavy (non-hydrogen) atoms. The molecule has 3 N–H and O–H groups in total. The van der Waals surface area contributed by atoms with Crippen LogP contribution in [-0.2, 0) is 11.3 Å². The highest BCUT2D eigenvalue weighted by Gasteiger charge is 2.15. The van der Waals surface area contributed by atoms with E-state index >= 15 is 0 Å². The van der Waals surface area contributed by atoms with Crippen LogP contribution in [0.25, 0.3) is 5.69 Å². The highest BCUT2D eigenvalue weighted by molar-refractivity contribution is 5.79. The van der Waals surface area contributed by atoms with Gasteiger partial charge in [-0.05, 0) is 53.7 Å². The summed E-state index contributed by atoms with van der Waals surface area (Å²) in [6, 6.07) is 10.1. The van der Waals surface area contributed by atoms with Crippen LogP contribution in [0.2, 0.25) is 0 Å². The molecule has 0 unspecified atom stereocenters. The van der Waals surface area contributed by atoms with E-state index in [2.05, 4.69) is 33.0 Å². The summed E-state index contributed by atoms with van der Waals surface area (Å²) >= 11 is 0. The smallest absolute Gasteiger partial charge is 0.407 e. The second-order valence-electron chi connectivity index (χ2n) is 7.95. The van der Waals surface area contributed by atoms with Gasteiger partial charge < -0.3 is 20.7 Å². The SMILES string of the molecule is CCNC(=NCc1c(C)nn(-c2ccccc2)c1C)NCCNC(=O)OC(C)(C)C. The minimum Gasteiger partial charge on any atom is -0.444 e. The maximum atomic E-state index is 11.7. The van der Waals surface area contributed by atoms with Crippen LogP contribution in [-0.4, -0.2) is 47.1 Å². The van der Waals surface area contributed by atoms with Gasteiger partial charge in [0.15, 0.2) is 5.96 Å². The van der Waals surface area contributed by atoms with E-state index in [-0.39, 0.29) is 0 Å². The summed E-state index contributed by atoms with van der Waals surface area (Å²) in [5.41, 5.74) is 3.66. The predicted octanol–water partition coefficient (Wildman–Crippen LogP) is 3.07. The Kier molecular flexibility index (Phi) is 8.26. The second kappa shape index (κ2) is 10.7. The van der Waals surface area contributed by atoms with Crippen molar-refractivity contribution >= 4 is 12.1 Å². The summed E-state index contributed by atoms with van der Waals surface area (Å²) in [5, 5.41) is 13.9. The number of guanidine groups is 1. The van der Waals surface area contributed by atoms with Crippen molar-refractivity contribution in [2.45, 2.75) is 53.7 Å². The lowest BCUT2D eigenvalue weighted by Crippen LogP contribution is -2.42. The Morgan fingerprint density at radius 1 is 1.10 bits per heavy atom. The lowest BCUT2D eigenvalue weighted by molar-refractivity contribution is 0.0529. The monoisotopic (exact) mass is 414 g/mol. The van der Waals surface area contributed by atoms with Crippen molar-refractivity contribution < 1.29 is 9.53 Å². The average Bonchev–Trinajstić information content (AvgIpc) is 2.96. The molecule has 0 spiro atoms. The molecule has 1 heterocycles. The fourth-order valence-corrected chi connectivity index (χ4v) is 2.88. The molecule has 2 aromatic rings. The van der Waals surface area contributed by atoms with Gasteiger partial charge >= 0.3 is 6.09 Å². The van der Waals surface area contributed by atoms with Crippen LogP contribution >= 0.6 is 0 Å². The van der Waals surface area contributed by atoms with Crippen LogP contribution in [0, 0.1) is 13.8 Å². The third-order valence-electron chi connectivity index (χ3n) is 4.27. The number of benzene rings is 1. The number of hydrogen-bond acceptors (Lipinski definition) is 4. The molecular formula is C22H34N6O2. The first-order valence-corrected chi connectivity index (χ1v) is 10.3. The molecule has 0 fully saturated rings. The van der Waals surface area contributed by atoms with Crippen molar-refractivity contribution in [2.24, 2.45) is 4.99 Å². The van der Waals surface area contributed by atoms with E-state index in [1.54, 1.807) is 0 Å². The van der Waals surface area contributed by atoms with Gasteiger partial charge in [0.25, 0.3) is 0 Å². The fraction of sp³-hybridized carbons (Fsp3) is 0.500. The number of ether oxygens (including phenoxy) is 1. The molecule has 0 saturated heterocycles. The highest BCUT2D eigenvalue weighted by atomic mass is 16.6. The zero-order valence-corrected chi connectivity index (χ0v) is 18.9. The number of para-hydroxylation sites is 1. The van der Waals surface area contributed by atoms with Crippen LogP contribution in [0.3, 0.4) is 0 Å². The third-order valence-corrected chi connectivity index (χ3v) is 4.27. The second-order valence-corrected chi connectivity index (χ2v) is 7.95. The molecule has 2 rings (SSSR count). The maximum absolute atomic E-state index is 11.7. The molecule has 0 aliphatic heterocycles. The van der Waals surface area contributed by atoms with E-state index in [1.165, 1.54) is 0 Å². The summed E-state index contributed by atoms with van der Waals surface area (Å²) in [4.78, 5) is 16.4. The van der Waals surface area contributed by atoms with Crippen molar-refractivity contribution in [2.75, 3.05) is 19.6 Å². The van der Waals surface area contributed by atoms with Crippen LogP contribution in [0.5, 0.6) is 0 Å². The number of aromatic nitrogens is 2. The van der Waals surface area contributed by atoms with Gasteiger partial charge in [-0.15, -0.1) is 0 Å². The minimum atomic E-state index is -0.506. The van der Waals surface area contributed by atoms with Crippen LogP contribution in [0.1, 0.15) is 44.6 Å². The standard InChI is InChI=1S/C22H34N6O2/c1-7-23-20(24-13-14-25-21(29)30-22(4,5)6)26-15-19-16(2)27-28(17(19)3)18-11-9-8-10-12-18/h8-12H,7,13-15H2,1-6H3,(H,25,29)(H2,23,24,26). The van der Waals surface area contributed by atoms with E-state index in [0.717, 1.165) is 29.2 Å². The number of aryl methyl sites for hydroxylation is 1. The molecule has 8 heteroatoms. The molecule has 0 aliphatic rings. The topological polar surface area (TPSA) is 92.6 Å². The normalized spacial score (nSPS) is 11.9. The number of carbonyl (C=O) groups is 1. The van der Waals surface area contributed by atoms with Gasteiger partial charge in [-0.2, -0.15) is 5.10 Å². The number of carbonyl (C=O) groups excluding carboxylic acids is 1. The molecule has 1 aromatic heterocycles. The first-order chi connectivity index (χ1) is 14.2. The van der Waals surface area contributed by atoms with Gasteiger partial charge in [0.1, 0.15) is 5.60 Å². The van der Waals surface area contributed by atoms with E-state index in [4.69, 9.17) is 4.74 Å². The predicted molar refractivity (Wildman–Crippen MR) is 120 cm³/mol. The average molecular weight is 415 g/mol. The lowest BCUT2D eigenvalue weighted by Gasteiger charge is -2.19. The Morgan fingerprint density at radius 3 is 2.40 bits per heavy atom. The van der Waals surface area contributed by atoms with Crippen molar-refractivity contribution in [3.05, 3.63) is 47.3 Å². The molecule has 0 bridgehead atoms. The molecule has 0 aliphatic carbocycles. The van der Waals surface area contributed by atoms with E-state index in [0.29, 0.717) is 25.6 Å². The third kappa shape index (κ3) is 7.09. The first-order valence-electron chi connectivity index (χ1n) is 10.3. The fourth-order valence-electron chi connectivity index (χ4n) is 2.88. The van der Waals surface area contributed by atoms with Crippen molar-refractivity contribution in [3.8, 4) is 5.69 Å². The maximum Gasteiger partial charge on any atom is 0.407 e. The lowest BCUT2D eigenvalue weighted by atomic mass is 10.2. The van der Waals surface area contributed by atoms with Gasteiger partial charge in [0, 0.05) is 30.9 Å². The van der Waals surface area contributed by atoms with Crippen LogP contribution < -0.4 is 16.0 Å². The Morgan fingerprint density at radius 2 is 1.77 bits per heavy atom.